The highest BCUT2D eigenvalue weighted by Crippen LogP contribution is 2.65. The zero-order valence-corrected chi connectivity index (χ0v) is 26.9. The van der Waals surface area contributed by atoms with Gasteiger partial charge in [0.1, 0.15) is 17.7 Å². The van der Waals surface area contributed by atoms with Crippen LogP contribution in [-0.2, 0) is 28.7 Å². The highest BCUT2D eigenvalue weighted by Gasteiger charge is 2.69. The predicted octanol–water partition coefficient (Wildman–Crippen LogP) is 2.43. The van der Waals surface area contributed by atoms with Crippen LogP contribution in [0.2, 0.25) is 0 Å². The van der Waals surface area contributed by atoms with Crippen LogP contribution in [-0.4, -0.2) is 89.3 Å². The van der Waals surface area contributed by atoms with Crippen LogP contribution in [0.15, 0.2) is 12.7 Å². The Labute approximate surface area is 255 Å². The largest absolute Gasteiger partial charge is 0.466 e. The number of hydrogen-bond acceptors (Lipinski definition) is 8. The first-order chi connectivity index (χ1) is 20.0. The number of likely N-dealkylation sites (tertiary alicyclic amines) is 1. The topological polar surface area (TPSA) is 163 Å². The van der Waals surface area contributed by atoms with Crippen molar-refractivity contribution in [3.8, 4) is 0 Å². The number of ether oxygens (including phenoxy) is 2. The Kier molecular flexibility index (Phi) is 13.0. The second kappa shape index (κ2) is 15.5. The molecule has 4 N–H and O–H groups in total. The van der Waals surface area contributed by atoms with E-state index in [1.54, 1.807) is 20.8 Å². The fourth-order valence-corrected chi connectivity index (χ4v) is 5.88. The van der Waals surface area contributed by atoms with Crippen LogP contribution in [0.1, 0.15) is 87.0 Å². The number of carbonyl (C=O) groups is 5. The van der Waals surface area contributed by atoms with Crippen LogP contribution in [0.25, 0.3) is 0 Å². The van der Waals surface area contributed by atoms with Gasteiger partial charge in [-0.05, 0) is 57.3 Å². The number of aliphatic hydroxyl groups excluding tert-OH is 1. The van der Waals surface area contributed by atoms with Gasteiger partial charge in [-0.25, -0.2) is 4.79 Å². The Bertz CT molecular complexity index is 1020. The smallest absolute Gasteiger partial charge is 0.408 e. The van der Waals surface area contributed by atoms with E-state index in [0.29, 0.717) is 25.8 Å². The molecule has 244 valence electrons. The van der Waals surface area contributed by atoms with Crippen molar-refractivity contribution >= 4 is 29.8 Å². The lowest BCUT2D eigenvalue weighted by Gasteiger charge is -2.34. The molecular weight excluding hydrogens is 556 g/mol. The Balaban J connectivity index is 2.28. The SMILES string of the molecule is C=CCNC(=O)C(O)[C@H](CCCCC)NC(=O)[C@@H]1[C@@H]2[C@H](CN1C(=O)[C@H](CCCOC(C)=O)NC(=O)OC(C)(C)C)C2(C)C. The van der Waals surface area contributed by atoms with E-state index < -0.39 is 59.6 Å². The Morgan fingerprint density at radius 2 is 1.77 bits per heavy atom. The van der Waals surface area contributed by atoms with Gasteiger partial charge in [0.15, 0.2) is 6.10 Å². The minimum Gasteiger partial charge on any atom is -0.466 e. The van der Waals surface area contributed by atoms with E-state index in [1.807, 2.05) is 6.92 Å². The summed E-state index contributed by atoms with van der Waals surface area (Å²) in [6.07, 6.45) is 2.60. The van der Waals surface area contributed by atoms with Crippen molar-refractivity contribution in [3.63, 3.8) is 0 Å². The van der Waals surface area contributed by atoms with Crippen LogP contribution in [0.4, 0.5) is 4.79 Å². The molecule has 12 heteroatoms. The maximum absolute atomic E-state index is 14.0. The summed E-state index contributed by atoms with van der Waals surface area (Å²) < 4.78 is 10.4. The van der Waals surface area contributed by atoms with E-state index in [2.05, 4.69) is 36.4 Å². The first-order valence-electron chi connectivity index (χ1n) is 15.4. The van der Waals surface area contributed by atoms with Crippen molar-refractivity contribution in [1.82, 2.24) is 20.9 Å². The van der Waals surface area contributed by atoms with Crippen LogP contribution in [0, 0.1) is 17.3 Å². The zero-order chi connectivity index (χ0) is 32.5. The van der Waals surface area contributed by atoms with Crippen molar-refractivity contribution in [2.75, 3.05) is 19.7 Å². The Hall–Kier alpha value is -3.15. The summed E-state index contributed by atoms with van der Waals surface area (Å²) in [4.78, 5) is 65.8. The van der Waals surface area contributed by atoms with Crippen LogP contribution in [0.5, 0.6) is 0 Å². The average Bonchev–Trinajstić information content (AvgIpc) is 3.22. The second-order valence-electron chi connectivity index (χ2n) is 13.2. The molecule has 2 rings (SSSR count). The first-order valence-corrected chi connectivity index (χ1v) is 15.4. The van der Waals surface area contributed by atoms with Gasteiger partial charge in [0.25, 0.3) is 5.91 Å². The molecule has 43 heavy (non-hydrogen) atoms. The molecule has 1 unspecified atom stereocenters. The molecule has 1 aliphatic heterocycles. The van der Waals surface area contributed by atoms with Crippen molar-refractivity contribution in [2.24, 2.45) is 17.3 Å². The number of amides is 4. The number of aliphatic hydroxyl groups is 1. The van der Waals surface area contributed by atoms with E-state index in [-0.39, 0.29) is 36.8 Å². The predicted molar refractivity (Wildman–Crippen MR) is 161 cm³/mol. The van der Waals surface area contributed by atoms with Gasteiger partial charge >= 0.3 is 12.1 Å². The summed E-state index contributed by atoms with van der Waals surface area (Å²) in [6.45, 7) is 16.7. The van der Waals surface area contributed by atoms with Gasteiger partial charge in [-0.1, -0.05) is 46.1 Å². The number of esters is 1. The second-order valence-corrected chi connectivity index (χ2v) is 13.2. The lowest BCUT2D eigenvalue weighted by atomic mass is 9.97. The quantitative estimate of drug-likeness (QED) is 0.118. The summed E-state index contributed by atoms with van der Waals surface area (Å²) in [5.74, 6) is -1.99. The molecule has 2 aliphatic rings. The summed E-state index contributed by atoms with van der Waals surface area (Å²) in [7, 11) is 0. The number of fused-ring (bicyclic) bond motifs is 1. The van der Waals surface area contributed by atoms with Gasteiger partial charge in [-0.3, -0.25) is 19.2 Å². The monoisotopic (exact) mass is 608 g/mol. The fourth-order valence-electron chi connectivity index (χ4n) is 5.88. The van der Waals surface area contributed by atoms with Gasteiger partial charge in [-0.15, -0.1) is 6.58 Å². The van der Waals surface area contributed by atoms with E-state index in [9.17, 15) is 29.1 Å². The van der Waals surface area contributed by atoms with Gasteiger partial charge < -0.3 is 35.4 Å². The van der Waals surface area contributed by atoms with Gasteiger partial charge in [-0.2, -0.15) is 0 Å². The third-order valence-electron chi connectivity index (χ3n) is 8.21. The third-order valence-corrected chi connectivity index (χ3v) is 8.21. The van der Waals surface area contributed by atoms with Gasteiger partial charge in [0, 0.05) is 20.0 Å². The molecular formula is C31H52N4O8. The minimum absolute atomic E-state index is 0.0720. The van der Waals surface area contributed by atoms with Crippen LogP contribution < -0.4 is 16.0 Å². The maximum Gasteiger partial charge on any atom is 0.408 e. The maximum atomic E-state index is 14.0. The number of hydrogen-bond donors (Lipinski definition) is 4. The van der Waals surface area contributed by atoms with Crippen molar-refractivity contribution in [1.29, 1.82) is 0 Å². The molecule has 1 saturated heterocycles. The van der Waals surface area contributed by atoms with E-state index in [0.717, 1.165) is 12.8 Å². The molecule has 6 atom stereocenters. The Morgan fingerprint density at radius 1 is 1.09 bits per heavy atom. The third kappa shape index (κ3) is 10.2. The molecule has 2 fully saturated rings. The van der Waals surface area contributed by atoms with E-state index in [4.69, 9.17) is 9.47 Å². The summed E-state index contributed by atoms with van der Waals surface area (Å²) >= 11 is 0. The lowest BCUT2D eigenvalue weighted by molar-refractivity contribution is -0.144. The molecule has 0 radical (unpaired) electrons. The molecule has 1 heterocycles. The molecule has 1 aliphatic carbocycles. The number of rotatable bonds is 16. The molecule has 0 aromatic rings. The van der Waals surface area contributed by atoms with Crippen molar-refractivity contribution in [2.45, 2.75) is 117 Å². The number of piperidine rings is 1. The molecule has 0 spiro atoms. The Morgan fingerprint density at radius 3 is 2.35 bits per heavy atom. The normalized spacial score (nSPS) is 22.3. The molecule has 0 aromatic heterocycles. The summed E-state index contributed by atoms with van der Waals surface area (Å²) in [6, 6.07) is -2.71. The number of nitrogens with one attached hydrogen (secondary N) is 3. The highest BCUT2D eigenvalue weighted by atomic mass is 16.6. The number of carbonyl (C=O) groups excluding carboxylic acids is 5. The van der Waals surface area contributed by atoms with E-state index >= 15 is 0 Å². The van der Waals surface area contributed by atoms with Gasteiger partial charge in [0.2, 0.25) is 11.8 Å². The fraction of sp³-hybridized carbons (Fsp3) is 0.774. The molecule has 1 saturated carbocycles. The van der Waals surface area contributed by atoms with Crippen molar-refractivity contribution < 1.29 is 38.6 Å². The number of nitrogens with zero attached hydrogens (tertiary/aromatic N) is 1. The van der Waals surface area contributed by atoms with Crippen LogP contribution >= 0.6 is 0 Å². The number of unbranched alkanes of at least 4 members (excludes halogenated alkanes) is 2. The first kappa shape index (κ1) is 36.0. The lowest BCUT2D eigenvalue weighted by Crippen LogP contribution is -2.59. The van der Waals surface area contributed by atoms with E-state index in [1.165, 1.54) is 17.9 Å². The standard InChI is InChI=1S/C31H52N4O8/c1-9-11-12-14-21(25(37)27(39)32-16-10-2)33-26(38)24-23-20(31(23,7)8)18-35(24)28(40)22(15-13-17-42-19(3)36)34-29(41)43-30(4,5)6/h10,20-25,37H,2,9,11-18H2,1,3-8H3,(H,32,39)(H,33,38)(H,34,41)/t20-,21-,22-,23-,24-,25?/m0/s1. The molecule has 12 nitrogen and oxygen atoms in total. The zero-order valence-electron chi connectivity index (χ0n) is 26.9. The van der Waals surface area contributed by atoms with Gasteiger partial charge in [0.05, 0.1) is 12.6 Å². The molecule has 0 aromatic carbocycles. The number of alkyl carbamates (subject to hydrolysis) is 1. The highest BCUT2D eigenvalue weighted by molar-refractivity contribution is 5.93. The summed E-state index contributed by atoms with van der Waals surface area (Å²) in [5.41, 5.74) is -0.970. The van der Waals surface area contributed by atoms with Crippen LogP contribution in [0.3, 0.4) is 0 Å². The average molecular weight is 609 g/mol. The summed E-state index contributed by atoms with van der Waals surface area (Å²) in [5, 5.41) is 19.0. The molecule has 4 amide bonds. The minimum atomic E-state index is -1.47. The van der Waals surface area contributed by atoms with Crippen molar-refractivity contribution in [3.05, 3.63) is 12.7 Å². The molecule has 0 bridgehead atoms.